The Bertz CT molecular complexity index is 986. The molecule has 1 saturated carbocycles. The summed E-state index contributed by atoms with van der Waals surface area (Å²) in [4.78, 5) is 28.1. The molecule has 0 atom stereocenters. The summed E-state index contributed by atoms with van der Waals surface area (Å²) in [6, 6.07) is 5.48. The third kappa shape index (κ3) is 6.55. The molecule has 180 valence electrons. The average Bonchev–Trinajstić information content (AvgIpc) is 2.74. The van der Waals surface area contributed by atoms with Gasteiger partial charge in [0.05, 0.1) is 47.7 Å². The van der Waals surface area contributed by atoms with Gasteiger partial charge in [0.2, 0.25) is 5.91 Å². The highest BCUT2D eigenvalue weighted by molar-refractivity contribution is 6.06. The maximum atomic E-state index is 12.1. The van der Waals surface area contributed by atoms with Gasteiger partial charge in [-0.1, -0.05) is 6.07 Å². The molecule has 9 heteroatoms. The van der Waals surface area contributed by atoms with Crippen molar-refractivity contribution >= 4 is 28.5 Å². The number of aromatic nitrogens is 1. The van der Waals surface area contributed by atoms with E-state index in [2.05, 4.69) is 10.3 Å². The van der Waals surface area contributed by atoms with Crippen LogP contribution < -0.4 is 15.8 Å². The molecule has 0 radical (unpaired) electrons. The van der Waals surface area contributed by atoms with E-state index in [9.17, 15) is 14.7 Å². The predicted octanol–water partition coefficient (Wildman–Crippen LogP) is 3.07. The number of rotatable bonds is 10. The van der Waals surface area contributed by atoms with Crippen molar-refractivity contribution < 1.29 is 28.9 Å². The van der Waals surface area contributed by atoms with Gasteiger partial charge in [-0.25, -0.2) is 4.79 Å². The van der Waals surface area contributed by atoms with Crippen LogP contribution in [0.4, 0.5) is 5.69 Å². The van der Waals surface area contributed by atoms with Crippen molar-refractivity contribution in [3.05, 3.63) is 29.5 Å². The molecule has 1 aromatic carbocycles. The number of carbonyl (C=O) groups is 2. The minimum absolute atomic E-state index is 0.00274. The van der Waals surface area contributed by atoms with Gasteiger partial charge in [0.25, 0.3) is 0 Å². The predicted molar refractivity (Wildman–Crippen MR) is 125 cm³/mol. The second kappa shape index (κ2) is 11.3. The largest absolute Gasteiger partial charge is 0.490 e. The molecule has 1 fully saturated rings. The third-order valence-corrected chi connectivity index (χ3v) is 5.65. The summed E-state index contributed by atoms with van der Waals surface area (Å²) in [5.41, 5.74) is 7.36. The number of aromatic carboxylic acids is 1. The number of hydrogen-bond acceptors (Lipinski definition) is 7. The number of nitrogens with zero attached hydrogens (tertiary/aromatic N) is 1. The van der Waals surface area contributed by atoms with Gasteiger partial charge in [0.1, 0.15) is 17.9 Å². The molecule has 0 bridgehead atoms. The number of pyridine rings is 1. The third-order valence-electron chi connectivity index (χ3n) is 5.65. The molecule has 2 aromatic rings. The number of carboxylic acids is 1. The lowest BCUT2D eigenvalue weighted by Crippen LogP contribution is -2.41. The first kappa shape index (κ1) is 24.7. The number of nitrogen functional groups attached to an aromatic ring is 1. The van der Waals surface area contributed by atoms with Gasteiger partial charge in [-0.15, -0.1) is 0 Å². The first-order valence-electron chi connectivity index (χ1n) is 11.3. The summed E-state index contributed by atoms with van der Waals surface area (Å²) in [5, 5.41) is 13.0. The molecular formula is C24H33N3O6. The number of aryl methyl sites for hydroxylation is 1. The van der Waals surface area contributed by atoms with E-state index >= 15 is 0 Å². The van der Waals surface area contributed by atoms with Crippen molar-refractivity contribution in [1.82, 2.24) is 10.3 Å². The second-order valence-corrected chi connectivity index (χ2v) is 8.57. The van der Waals surface area contributed by atoms with Crippen LogP contribution in [0.15, 0.2) is 18.2 Å². The Morgan fingerprint density at radius 1 is 1.21 bits per heavy atom. The number of carbonyl (C=O) groups excluding carboxylic acids is 1. The van der Waals surface area contributed by atoms with E-state index in [-0.39, 0.29) is 42.0 Å². The lowest BCUT2D eigenvalue weighted by molar-refractivity contribution is -0.127. The van der Waals surface area contributed by atoms with Crippen molar-refractivity contribution in [3.63, 3.8) is 0 Å². The average molecular weight is 460 g/mol. The van der Waals surface area contributed by atoms with Gasteiger partial charge in [-0.3, -0.25) is 9.78 Å². The van der Waals surface area contributed by atoms with Gasteiger partial charge in [-0.2, -0.15) is 0 Å². The summed E-state index contributed by atoms with van der Waals surface area (Å²) in [6.45, 7) is 6.41. The molecule has 0 unspecified atom stereocenters. The highest BCUT2D eigenvalue weighted by Gasteiger charge is 2.25. The number of carboxylic acid groups (broad SMARTS) is 1. The normalized spacial score (nSPS) is 18.4. The van der Waals surface area contributed by atoms with Crippen molar-refractivity contribution in [2.45, 2.75) is 64.7 Å². The lowest BCUT2D eigenvalue weighted by atomic mass is 9.93. The number of benzene rings is 1. The van der Waals surface area contributed by atoms with E-state index < -0.39 is 5.97 Å². The molecule has 3 rings (SSSR count). The fourth-order valence-corrected chi connectivity index (χ4v) is 4.09. The standard InChI is InChI=1S/C24H33N3O6/c1-14(2)32-12-11-31-13-20(28)27-16-7-9-17(10-8-16)33-19-6-4-5-18-22(19)23(25)21(24(29)30)15(3)26-18/h4-6,14,16-17H,7-13H2,1-3H3,(H2,25,26)(H,27,28)(H,29,30)/t16-,17-. The number of anilines is 1. The summed E-state index contributed by atoms with van der Waals surface area (Å²) < 4.78 is 17.0. The molecule has 0 aliphatic heterocycles. The minimum Gasteiger partial charge on any atom is -0.490 e. The molecular weight excluding hydrogens is 426 g/mol. The van der Waals surface area contributed by atoms with Gasteiger partial charge in [0, 0.05) is 6.04 Å². The van der Waals surface area contributed by atoms with E-state index in [1.54, 1.807) is 19.1 Å². The van der Waals surface area contributed by atoms with Gasteiger partial charge in [0.15, 0.2) is 0 Å². The second-order valence-electron chi connectivity index (χ2n) is 8.57. The molecule has 4 N–H and O–H groups in total. The Labute approximate surface area is 193 Å². The van der Waals surface area contributed by atoms with Crippen LogP contribution in [-0.4, -0.2) is 60.0 Å². The lowest BCUT2D eigenvalue weighted by Gasteiger charge is -2.30. The zero-order chi connectivity index (χ0) is 24.0. The quantitative estimate of drug-likeness (QED) is 0.462. The van der Waals surface area contributed by atoms with E-state index in [1.165, 1.54) is 0 Å². The number of nitrogens with one attached hydrogen (secondary N) is 1. The van der Waals surface area contributed by atoms with E-state index in [0.717, 1.165) is 25.7 Å². The zero-order valence-electron chi connectivity index (χ0n) is 19.4. The van der Waals surface area contributed by atoms with Crippen LogP contribution in [0.3, 0.4) is 0 Å². The minimum atomic E-state index is -1.11. The number of fused-ring (bicyclic) bond motifs is 1. The number of ether oxygens (including phenoxy) is 3. The molecule has 33 heavy (non-hydrogen) atoms. The number of hydrogen-bond donors (Lipinski definition) is 3. The Kier molecular flexibility index (Phi) is 8.46. The van der Waals surface area contributed by atoms with Crippen molar-refractivity contribution in [1.29, 1.82) is 0 Å². The van der Waals surface area contributed by atoms with Gasteiger partial charge < -0.3 is 30.4 Å². The Morgan fingerprint density at radius 2 is 1.94 bits per heavy atom. The van der Waals surface area contributed by atoms with Crippen LogP contribution in [-0.2, 0) is 14.3 Å². The molecule has 1 aliphatic rings. The summed E-state index contributed by atoms with van der Waals surface area (Å²) >= 11 is 0. The van der Waals surface area contributed by atoms with E-state index in [4.69, 9.17) is 19.9 Å². The Balaban J connectivity index is 1.53. The van der Waals surface area contributed by atoms with Gasteiger partial charge in [-0.05, 0) is 58.6 Å². The first-order valence-corrected chi connectivity index (χ1v) is 11.3. The smallest absolute Gasteiger partial charge is 0.339 e. The Morgan fingerprint density at radius 3 is 2.61 bits per heavy atom. The van der Waals surface area contributed by atoms with Gasteiger partial charge >= 0.3 is 5.97 Å². The van der Waals surface area contributed by atoms with Crippen molar-refractivity contribution in [2.24, 2.45) is 0 Å². The number of amides is 1. The first-order chi connectivity index (χ1) is 15.8. The summed E-state index contributed by atoms with van der Waals surface area (Å²) in [6.07, 6.45) is 3.17. The van der Waals surface area contributed by atoms with Crippen LogP contribution in [0.5, 0.6) is 5.75 Å². The van der Waals surface area contributed by atoms with Crippen LogP contribution in [0.1, 0.15) is 55.6 Å². The molecule has 1 aromatic heterocycles. The fraction of sp³-hybridized carbons (Fsp3) is 0.542. The van der Waals surface area contributed by atoms with Crippen LogP contribution in [0, 0.1) is 6.92 Å². The molecule has 1 heterocycles. The molecule has 0 spiro atoms. The molecule has 0 saturated heterocycles. The topological polar surface area (TPSA) is 133 Å². The molecule has 1 amide bonds. The van der Waals surface area contributed by atoms with Crippen LogP contribution in [0.25, 0.3) is 10.9 Å². The van der Waals surface area contributed by atoms with E-state index in [0.29, 0.717) is 35.6 Å². The SMILES string of the molecule is Cc1nc2cccc(O[C@H]3CC[C@H](NC(=O)COCCOC(C)C)CC3)c2c(N)c1C(=O)O. The molecule has 1 aliphatic carbocycles. The maximum absolute atomic E-state index is 12.1. The number of nitrogens with two attached hydrogens (primary N) is 1. The summed E-state index contributed by atoms with van der Waals surface area (Å²) in [7, 11) is 0. The van der Waals surface area contributed by atoms with Crippen LogP contribution in [0.2, 0.25) is 0 Å². The monoisotopic (exact) mass is 459 g/mol. The highest BCUT2D eigenvalue weighted by Crippen LogP contribution is 2.35. The summed E-state index contributed by atoms with van der Waals surface area (Å²) in [5.74, 6) is -0.709. The van der Waals surface area contributed by atoms with Crippen molar-refractivity contribution in [3.8, 4) is 5.75 Å². The van der Waals surface area contributed by atoms with Crippen molar-refractivity contribution in [2.75, 3.05) is 25.6 Å². The Hall–Kier alpha value is -2.91. The zero-order valence-corrected chi connectivity index (χ0v) is 19.4. The van der Waals surface area contributed by atoms with Crippen LogP contribution >= 0.6 is 0 Å². The highest BCUT2D eigenvalue weighted by atomic mass is 16.5. The maximum Gasteiger partial charge on any atom is 0.339 e. The van der Waals surface area contributed by atoms with E-state index in [1.807, 2.05) is 19.9 Å². The molecule has 9 nitrogen and oxygen atoms in total. The fourth-order valence-electron chi connectivity index (χ4n) is 4.09.